The van der Waals surface area contributed by atoms with Gasteiger partial charge in [-0.15, -0.1) is 0 Å². The van der Waals surface area contributed by atoms with E-state index in [1.54, 1.807) is 16.6 Å². The quantitative estimate of drug-likeness (QED) is 0.834. The minimum absolute atomic E-state index is 0.00560. The van der Waals surface area contributed by atoms with Crippen LogP contribution in [-0.4, -0.2) is 37.4 Å². The van der Waals surface area contributed by atoms with Gasteiger partial charge < -0.3 is 4.90 Å². The fourth-order valence-corrected chi connectivity index (χ4v) is 2.27. The molecule has 2 heterocycles. The molecule has 0 aliphatic carbocycles. The number of rotatable bonds is 5. The zero-order valence-electron chi connectivity index (χ0n) is 11.9. The number of amides is 1. The molecule has 0 aliphatic rings. The molecule has 0 bridgehead atoms. The molecule has 0 saturated heterocycles. The van der Waals surface area contributed by atoms with Crippen LogP contribution in [0.25, 0.3) is 0 Å². The van der Waals surface area contributed by atoms with Crippen LogP contribution in [0.3, 0.4) is 0 Å². The highest BCUT2D eigenvalue weighted by molar-refractivity contribution is 9.10. The van der Waals surface area contributed by atoms with E-state index in [4.69, 9.17) is 0 Å². The molecule has 0 radical (unpaired) electrons. The van der Waals surface area contributed by atoms with Crippen LogP contribution in [0.4, 0.5) is 0 Å². The van der Waals surface area contributed by atoms with Crippen LogP contribution in [0.2, 0.25) is 0 Å². The topological polar surface area (TPSA) is 56.0 Å². The fourth-order valence-electron chi connectivity index (χ4n) is 1.83. The first-order chi connectivity index (χ1) is 9.49. The molecule has 7 heteroatoms. The van der Waals surface area contributed by atoms with Gasteiger partial charge in [-0.3, -0.25) is 14.2 Å². The molecule has 0 N–H and O–H groups in total. The highest BCUT2D eigenvalue weighted by atomic mass is 79.9. The first-order valence-electron chi connectivity index (χ1n) is 6.45. The van der Waals surface area contributed by atoms with Gasteiger partial charge in [-0.05, 0) is 35.8 Å². The van der Waals surface area contributed by atoms with Gasteiger partial charge in [-0.1, -0.05) is 0 Å². The second-order valence-corrected chi connectivity index (χ2v) is 5.54. The van der Waals surface area contributed by atoms with Crippen molar-refractivity contribution in [3.63, 3.8) is 0 Å². The summed E-state index contributed by atoms with van der Waals surface area (Å²) in [6, 6.07) is 1.88. The van der Waals surface area contributed by atoms with Crippen LogP contribution in [0.1, 0.15) is 18.3 Å². The Labute approximate surface area is 126 Å². The molecule has 2 aromatic rings. The number of aromatic nitrogens is 4. The smallest absolute Gasteiger partial charge is 0.244 e. The minimum atomic E-state index is 0.00560. The Kier molecular flexibility index (Phi) is 4.59. The third-order valence-corrected chi connectivity index (χ3v) is 3.66. The average molecular weight is 340 g/mol. The number of hydrogen-bond donors (Lipinski definition) is 0. The lowest BCUT2D eigenvalue weighted by atomic mass is 10.4. The van der Waals surface area contributed by atoms with E-state index in [-0.39, 0.29) is 12.5 Å². The lowest BCUT2D eigenvalue weighted by molar-refractivity contribution is -0.131. The zero-order chi connectivity index (χ0) is 14.7. The van der Waals surface area contributed by atoms with Crippen LogP contribution < -0.4 is 0 Å². The summed E-state index contributed by atoms with van der Waals surface area (Å²) in [5.74, 6) is 0.00560. The summed E-state index contributed by atoms with van der Waals surface area (Å²) < 4.78 is 4.41. The van der Waals surface area contributed by atoms with Crippen LogP contribution in [-0.2, 0) is 24.4 Å². The third-order valence-electron chi connectivity index (χ3n) is 3.00. The van der Waals surface area contributed by atoms with Gasteiger partial charge in [0, 0.05) is 26.0 Å². The summed E-state index contributed by atoms with van der Waals surface area (Å²) in [5.41, 5.74) is 1.77. The van der Waals surface area contributed by atoms with Crippen LogP contribution in [0.5, 0.6) is 0 Å². The molecule has 2 aromatic heterocycles. The van der Waals surface area contributed by atoms with Crippen LogP contribution in [0.15, 0.2) is 22.9 Å². The second kappa shape index (κ2) is 6.21. The highest BCUT2D eigenvalue weighted by Gasteiger charge is 2.14. The third kappa shape index (κ3) is 3.47. The molecule has 20 heavy (non-hydrogen) atoms. The molecule has 1 amide bonds. The molecule has 2 rings (SSSR count). The molecule has 0 aliphatic heterocycles. The van der Waals surface area contributed by atoms with Crippen LogP contribution in [0, 0.1) is 6.92 Å². The number of hydrogen-bond acceptors (Lipinski definition) is 3. The summed E-state index contributed by atoms with van der Waals surface area (Å²) >= 11 is 3.47. The first-order valence-corrected chi connectivity index (χ1v) is 7.24. The monoisotopic (exact) mass is 339 g/mol. The lowest BCUT2D eigenvalue weighted by Crippen LogP contribution is -2.30. The summed E-state index contributed by atoms with van der Waals surface area (Å²) in [4.78, 5) is 13.8. The predicted octanol–water partition coefficient (Wildman–Crippen LogP) is 1.83. The van der Waals surface area contributed by atoms with E-state index in [0.717, 1.165) is 22.4 Å². The van der Waals surface area contributed by atoms with Crippen molar-refractivity contribution >= 4 is 21.8 Å². The lowest BCUT2D eigenvalue weighted by Gasteiger charge is -2.16. The molecular weight excluding hydrogens is 322 g/mol. The summed E-state index contributed by atoms with van der Waals surface area (Å²) in [6.07, 6.45) is 3.73. The summed E-state index contributed by atoms with van der Waals surface area (Å²) in [7, 11) is 1.77. The van der Waals surface area contributed by atoms with Gasteiger partial charge in [0.15, 0.2) is 0 Å². The van der Waals surface area contributed by atoms with E-state index >= 15 is 0 Å². The maximum atomic E-state index is 12.1. The Morgan fingerprint density at radius 3 is 2.70 bits per heavy atom. The van der Waals surface area contributed by atoms with Gasteiger partial charge in [0.05, 0.1) is 22.4 Å². The van der Waals surface area contributed by atoms with Crippen molar-refractivity contribution in [2.24, 2.45) is 0 Å². The van der Waals surface area contributed by atoms with Gasteiger partial charge in [-0.25, -0.2) is 0 Å². The zero-order valence-corrected chi connectivity index (χ0v) is 13.5. The number of carbonyl (C=O) groups excluding carboxylic acids is 1. The van der Waals surface area contributed by atoms with Crippen molar-refractivity contribution in [2.45, 2.75) is 33.5 Å². The van der Waals surface area contributed by atoms with E-state index in [1.165, 1.54) is 0 Å². The molecule has 0 spiro atoms. The molecule has 0 aromatic carbocycles. The summed E-state index contributed by atoms with van der Waals surface area (Å²) in [5, 5.41) is 8.63. The molecule has 108 valence electrons. The van der Waals surface area contributed by atoms with Gasteiger partial charge in [0.25, 0.3) is 0 Å². The molecular formula is C13H18BrN5O. The average Bonchev–Trinajstić information content (AvgIpc) is 2.96. The van der Waals surface area contributed by atoms with Crippen molar-refractivity contribution in [3.05, 3.63) is 34.3 Å². The van der Waals surface area contributed by atoms with Crippen molar-refractivity contribution in [1.29, 1.82) is 0 Å². The number of likely N-dealkylation sites (N-methyl/N-ethyl adjacent to an activating group) is 1. The van der Waals surface area contributed by atoms with Crippen molar-refractivity contribution in [1.82, 2.24) is 24.5 Å². The number of halogens is 1. The summed E-state index contributed by atoms with van der Waals surface area (Å²) in [6.45, 7) is 5.46. The Hall–Kier alpha value is -1.63. The maximum absolute atomic E-state index is 12.1. The largest absolute Gasteiger partial charge is 0.338 e. The maximum Gasteiger partial charge on any atom is 0.244 e. The van der Waals surface area contributed by atoms with E-state index in [0.29, 0.717) is 6.54 Å². The number of nitrogens with zero attached hydrogens (tertiary/aromatic N) is 5. The van der Waals surface area contributed by atoms with Gasteiger partial charge in [-0.2, -0.15) is 10.2 Å². The molecule has 6 nitrogen and oxygen atoms in total. The van der Waals surface area contributed by atoms with Crippen molar-refractivity contribution in [2.75, 3.05) is 7.05 Å². The fraction of sp³-hybridized carbons (Fsp3) is 0.462. The van der Waals surface area contributed by atoms with E-state index < -0.39 is 0 Å². The SMILES string of the molecule is CCn1cc(Br)c(CN(C)C(=O)Cn2ccc(C)n2)n1. The Bertz CT molecular complexity index is 604. The van der Waals surface area contributed by atoms with E-state index in [2.05, 4.69) is 26.1 Å². The minimum Gasteiger partial charge on any atom is -0.338 e. The predicted molar refractivity (Wildman–Crippen MR) is 79.0 cm³/mol. The molecule has 0 atom stereocenters. The Morgan fingerprint density at radius 1 is 1.40 bits per heavy atom. The van der Waals surface area contributed by atoms with Crippen molar-refractivity contribution in [3.8, 4) is 0 Å². The standard InChI is InChI=1S/C13H18BrN5O/c1-4-18-7-11(14)12(16-18)8-17(3)13(20)9-19-6-5-10(2)15-19/h5-7H,4,8-9H2,1-3H3. The second-order valence-electron chi connectivity index (χ2n) is 4.68. The Morgan fingerprint density at radius 2 is 2.15 bits per heavy atom. The number of aryl methyl sites for hydroxylation is 2. The van der Waals surface area contributed by atoms with E-state index in [1.807, 2.05) is 37.0 Å². The highest BCUT2D eigenvalue weighted by Crippen LogP contribution is 2.16. The normalized spacial score (nSPS) is 10.8. The first kappa shape index (κ1) is 14.8. The van der Waals surface area contributed by atoms with Crippen molar-refractivity contribution < 1.29 is 4.79 Å². The molecule has 0 saturated carbocycles. The van der Waals surface area contributed by atoms with E-state index in [9.17, 15) is 4.79 Å². The van der Waals surface area contributed by atoms with Crippen LogP contribution >= 0.6 is 15.9 Å². The Balaban J connectivity index is 1.98. The van der Waals surface area contributed by atoms with Gasteiger partial charge >= 0.3 is 0 Å². The molecule has 0 fully saturated rings. The molecule has 0 unspecified atom stereocenters. The van der Waals surface area contributed by atoms with Gasteiger partial charge in [0.2, 0.25) is 5.91 Å². The number of carbonyl (C=O) groups is 1. The van der Waals surface area contributed by atoms with Gasteiger partial charge in [0.1, 0.15) is 6.54 Å².